The van der Waals surface area contributed by atoms with Crippen molar-refractivity contribution < 1.29 is 9.21 Å². The van der Waals surface area contributed by atoms with Crippen LogP contribution in [-0.2, 0) is 11.2 Å². The van der Waals surface area contributed by atoms with Crippen molar-refractivity contribution >= 4 is 38.6 Å². The Bertz CT molecular complexity index is 900. The minimum Gasteiger partial charge on any atom is -0.435 e. The molecule has 0 fully saturated rings. The number of unbranched alkanes of at least 4 members (excludes halogenated alkanes) is 2. The molecule has 1 aromatic heterocycles. The maximum absolute atomic E-state index is 11.9. The highest BCUT2D eigenvalue weighted by Crippen LogP contribution is 2.31. The molecule has 4 nitrogen and oxygen atoms in total. The molecule has 0 unspecified atom stereocenters. The van der Waals surface area contributed by atoms with Crippen molar-refractivity contribution in [3.8, 4) is 11.5 Å². The zero-order valence-corrected chi connectivity index (χ0v) is 16.7. The number of carbonyl (C=O) groups is 1. The summed E-state index contributed by atoms with van der Waals surface area (Å²) in [4.78, 5) is 16.5. The molecule has 2 aromatic carbocycles. The molecule has 0 bridgehead atoms. The van der Waals surface area contributed by atoms with E-state index in [0.29, 0.717) is 12.3 Å². The number of oxazole rings is 1. The standard InChI is InChI=1S/C21H23BrN2O2/c1-3-5-6-7-19(25)23-16-10-8-15(9-11-16)21-24-18-13-14(4-2)12-17(22)20(18)26-21/h8-13H,3-7H2,1-2H3,(H,23,25). The van der Waals surface area contributed by atoms with Gasteiger partial charge in [0.25, 0.3) is 0 Å². The third-order valence-electron chi connectivity index (χ3n) is 4.34. The molecular formula is C21H23BrN2O2. The Morgan fingerprint density at radius 1 is 1.15 bits per heavy atom. The summed E-state index contributed by atoms with van der Waals surface area (Å²) >= 11 is 3.56. The average molecular weight is 415 g/mol. The predicted octanol–water partition coefficient (Wildman–Crippen LogP) is 6.34. The molecule has 1 heterocycles. The van der Waals surface area contributed by atoms with E-state index in [4.69, 9.17) is 4.42 Å². The topological polar surface area (TPSA) is 55.1 Å². The SMILES string of the molecule is CCCCCC(=O)Nc1ccc(-c2nc3cc(CC)cc(Br)c3o2)cc1. The molecule has 3 rings (SSSR count). The Morgan fingerprint density at radius 2 is 1.92 bits per heavy atom. The maximum Gasteiger partial charge on any atom is 0.227 e. The van der Waals surface area contributed by atoms with Crippen molar-refractivity contribution in [3.63, 3.8) is 0 Å². The van der Waals surface area contributed by atoms with Gasteiger partial charge in [-0.05, 0) is 70.7 Å². The van der Waals surface area contributed by atoms with Gasteiger partial charge in [-0.1, -0.05) is 26.7 Å². The minimum absolute atomic E-state index is 0.0593. The quantitative estimate of drug-likeness (QED) is 0.458. The molecule has 26 heavy (non-hydrogen) atoms. The number of aromatic nitrogens is 1. The summed E-state index contributed by atoms with van der Waals surface area (Å²) in [6.07, 6.45) is 4.64. The van der Waals surface area contributed by atoms with Crippen molar-refractivity contribution in [2.24, 2.45) is 0 Å². The van der Waals surface area contributed by atoms with Gasteiger partial charge in [-0.25, -0.2) is 4.98 Å². The lowest BCUT2D eigenvalue weighted by Crippen LogP contribution is -2.10. The second kappa shape index (κ2) is 8.49. The first kappa shape index (κ1) is 18.6. The number of nitrogens with one attached hydrogen (secondary N) is 1. The van der Waals surface area contributed by atoms with E-state index in [1.807, 2.05) is 24.3 Å². The normalized spacial score (nSPS) is 11.0. The van der Waals surface area contributed by atoms with Crippen LogP contribution in [0, 0.1) is 0 Å². The number of nitrogens with zero attached hydrogens (tertiary/aromatic N) is 1. The van der Waals surface area contributed by atoms with Crippen molar-refractivity contribution in [3.05, 3.63) is 46.4 Å². The predicted molar refractivity (Wildman–Crippen MR) is 109 cm³/mol. The second-order valence-electron chi connectivity index (χ2n) is 6.38. The Labute approximate surface area is 162 Å². The van der Waals surface area contributed by atoms with E-state index in [0.717, 1.165) is 52.5 Å². The van der Waals surface area contributed by atoms with E-state index < -0.39 is 0 Å². The zero-order chi connectivity index (χ0) is 18.5. The Kier molecular flexibility index (Phi) is 6.09. The number of benzene rings is 2. The van der Waals surface area contributed by atoms with E-state index in [1.165, 1.54) is 5.56 Å². The number of amides is 1. The van der Waals surface area contributed by atoms with Crippen LogP contribution in [0.1, 0.15) is 45.1 Å². The van der Waals surface area contributed by atoms with Crippen molar-refractivity contribution in [2.75, 3.05) is 5.32 Å². The summed E-state index contributed by atoms with van der Waals surface area (Å²) in [5, 5.41) is 2.93. The molecule has 0 radical (unpaired) electrons. The Balaban J connectivity index is 1.75. The summed E-state index contributed by atoms with van der Waals surface area (Å²) in [6.45, 7) is 4.24. The van der Waals surface area contributed by atoms with E-state index in [-0.39, 0.29) is 5.91 Å². The molecule has 0 saturated carbocycles. The van der Waals surface area contributed by atoms with Crippen LogP contribution >= 0.6 is 15.9 Å². The monoisotopic (exact) mass is 414 g/mol. The number of aryl methyl sites for hydroxylation is 1. The van der Waals surface area contributed by atoms with Crippen LogP contribution in [-0.4, -0.2) is 10.9 Å². The number of halogens is 1. The van der Waals surface area contributed by atoms with Gasteiger partial charge in [-0.2, -0.15) is 0 Å². The lowest BCUT2D eigenvalue weighted by Gasteiger charge is -2.05. The second-order valence-corrected chi connectivity index (χ2v) is 7.24. The molecule has 0 aliphatic rings. The summed E-state index contributed by atoms with van der Waals surface area (Å²) in [7, 11) is 0. The first-order valence-corrected chi connectivity index (χ1v) is 9.89. The molecule has 1 N–H and O–H groups in total. The third kappa shape index (κ3) is 4.33. The van der Waals surface area contributed by atoms with E-state index in [2.05, 4.69) is 52.2 Å². The van der Waals surface area contributed by atoms with Gasteiger partial charge in [0, 0.05) is 17.7 Å². The van der Waals surface area contributed by atoms with E-state index in [9.17, 15) is 4.79 Å². The maximum atomic E-state index is 11.9. The molecule has 0 aliphatic heterocycles. The van der Waals surface area contributed by atoms with Crippen LogP contribution < -0.4 is 5.32 Å². The van der Waals surface area contributed by atoms with Gasteiger partial charge in [0.15, 0.2) is 5.58 Å². The number of fused-ring (bicyclic) bond motifs is 1. The lowest BCUT2D eigenvalue weighted by molar-refractivity contribution is -0.116. The van der Waals surface area contributed by atoms with Crippen LogP contribution in [0.15, 0.2) is 45.3 Å². The largest absolute Gasteiger partial charge is 0.435 e. The molecule has 3 aromatic rings. The van der Waals surface area contributed by atoms with Gasteiger partial charge in [-0.3, -0.25) is 4.79 Å². The highest BCUT2D eigenvalue weighted by atomic mass is 79.9. The van der Waals surface area contributed by atoms with Gasteiger partial charge in [0.2, 0.25) is 11.8 Å². The fourth-order valence-electron chi connectivity index (χ4n) is 2.83. The van der Waals surface area contributed by atoms with E-state index >= 15 is 0 Å². The smallest absolute Gasteiger partial charge is 0.227 e. The lowest BCUT2D eigenvalue weighted by atomic mass is 10.1. The molecule has 0 saturated heterocycles. The molecule has 1 amide bonds. The van der Waals surface area contributed by atoms with Gasteiger partial charge >= 0.3 is 0 Å². The first-order chi connectivity index (χ1) is 12.6. The van der Waals surface area contributed by atoms with Crippen molar-refractivity contribution in [1.29, 1.82) is 0 Å². The molecule has 0 atom stereocenters. The van der Waals surface area contributed by atoms with Crippen molar-refractivity contribution in [2.45, 2.75) is 46.0 Å². The average Bonchev–Trinajstić information content (AvgIpc) is 3.07. The highest BCUT2D eigenvalue weighted by Gasteiger charge is 2.12. The van der Waals surface area contributed by atoms with Crippen molar-refractivity contribution in [1.82, 2.24) is 4.98 Å². The number of hydrogen-bond acceptors (Lipinski definition) is 3. The Hall–Kier alpha value is -2.14. The van der Waals surface area contributed by atoms with Crippen LogP contribution in [0.4, 0.5) is 5.69 Å². The van der Waals surface area contributed by atoms with Gasteiger partial charge in [0.05, 0.1) is 4.47 Å². The Morgan fingerprint density at radius 3 is 2.62 bits per heavy atom. The first-order valence-electron chi connectivity index (χ1n) is 9.10. The summed E-state index contributed by atoms with van der Waals surface area (Å²) in [5.74, 6) is 0.638. The number of carbonyl (C=O) groups excluding carboxylic acids is 1. The molecule has 0 spiro atoms. The van der Waals surface area contributed by atoms with Gasteiger partial charge < -0.3 is 9.73 Å². The van der Waals surface area contributed by atoms with Crippen LogP contribution in [0.3, 0.4) is 0 Å². The summed E-state index contributed by atoms with van der Waals surface area (Å²) in [6, 6.07) is 11.7. The molecule has 136 valence electrons. The summed E-state index contributed by atoms with van der Waals surface area (Å²) < 4.78 is 6.84. The zero-order valence-electron chi connectivity index (χ0n) is 15.1. The van der Waals surface area contributed by atoms with Crippen LogP contribution in [0.25, 0.3) is 22.6 Å². The number of anilines is 1. The van der Waals surface area contributed by atoms with E-state index in [1.54, 1.807) is 0 Å². The molecule has 5 heteroatoms. The third-order valence-corrected chi connectivity index (χ3v) is 4.92. The highest BCUT2D eigenvalue weighted by molar-refractivity contribution is 9.10. The number of hydrogen-bond donors (Lipinski definition) is 1. The summed E-state index contributed by atoms with van der Waals surface area (Å²) in [5.41, 5.74) is 4.49. The van der Waals surface area contributed by atoms with Crippen LogP contribution in [0.2, 0.25) is 0 Å². The molecular weight excluding hydrogens is 392 g/mol. The fraction of sp³-hybridized carbons (Fsp3) is 0.333. The molecule has 0 aliphatic carbocycles. The van der Waals surface area contributed by atoms with Crippen LogP contribution in [0.5, 0.6) is 0 Å². The fourth-order valence-corrected chi connectivity index (χ4v) is 3.41. The van der Waals surface area contributed by atoms with Gasteiger partial charge in [0.1, 0.15) is 5.52 Å². The van der Waals surface area contributed by atoms with Gasteiger partial charge in [-0.15, -0.1) is 0 Å². The number of rotatable bonds is 7. The minimum atomic E-state index is 0.0593.